The first kappa shape index (κ1) is 13.9. The van der Waals surface area contributed by atoms with Crippen molar-refractivity contribution in [3.63, 3.8) is 0 Å². The van der Waals surface area contributed by atoms with Crippen LogP contribution in [-0.4, -0.2) is 11.2 Å². The zero-order valence-corrected chi connectivity index (χ0v) is 12.4. The summed E-state index contributed by atoms with van der Waals surface area (Å²) in [6, 6.07) is 8.10. The zero-order valence-electron chi connectivity index (χ0n) is 12.4. The number of hydrogen-bond donors (Lipinski definition) is 1. The normalized spacial score (nSPS) is 28.1. The van der Waals surface area contributed by atoms with E-state index in [0.717, 1.165) is 23.7 Å². The Morgan fingerprint density at radius 2 is 1.90 bits per heavy atom. The summed E-state index contributed by atoms with van der Waals surface area (Å²) in [5.41, 5.74) is 1.05. The van der Waals surface area contributed by atoms with Gasteiger partial charge in [-0.2, -0.15) is 0 Å². The smallest absolute Gasteiger partial charge is 0.119 e. The minimum atomic E-state index is -0.306. The van der Waals surface area contributed by atoms with Crippen LogP contribution in [0.1, 0.15) is 63.5 Å². The fourth-order valence-electron chi connectivity index (χ4n) is 3.38. The van der Waals surface area contributed by atoms with E-state index in [2.05, 4.69) is 6.92 Å². The highest BCUT2D eigenvalue weighted by atomic mass is 16.5. The van der Waals surface area contributed by atoms with Gasteiger partial charge in [-0.1, -0.05) is 38.3 Å². The van der Waals surface area contributed by atoms with Crippen molar-refractivity contribution >= 4 is 0 Å². The second-order valence-electron chi connectivity index (χ2n) is 6.53. The van der Waals surface area contributed by atoms with Gasteiger partial charge in [0.05, 0.1) is 12.2 Å². The fraction of sp³-hybridized carbons (Fsp3) is 0.667. The standard InChI is InChI=1S/C18H26O2/c1-2-13-4-3-5-15(12-13)18(19)14-6-8-16(9-7-14)20-17-10-11-17/h6-9,13,15,17-19H,2-5,10-12H2,1H3. The molecular formula is C18H26O2. The minimum absolute atomic E-state index is 0.306. The Morgan fingerprint density at radius 1 is 1.15 bits per heavy atom. The maximum absolute atomic E-state index is 10.6. The van der Waals surface area contributed by atoms with Gasteiger partial charge in [0.15, 0.2) is 0 Å². The highest BCUT2D eigenvalue weighted by molar-refractivity contribution is 5.29. The van der Waals surface area contributed by atoms with Crippen LogP contribution in [-0.2, 0) is 0 Å². The van der Waals surface area contributed by atoms with Crippen LogP contribution in [0.2, 0.25) is 0 Å². The van der Waals surface area contributed by atoms with Crippen molar-refractivity contribution in [2.45, 2.75) is 64.1 Å². The van der Waals surface area contributed by atoms with Crippen LogP contribution in [0.5, 0.6) is 5.75 Å². The molecule has 2 aliphatic carbocycles. The third-order valence-corrected chi connectivity index (χ3v) is 4.90. The molecule has 2 aliphatic rings. The average molecular weight is 274 g/mol. The molecule has 0 bridgehead atoms. The second-order valence-corrected chi connectivity index (χ2v) is 6.53. The van der Waals surface area contributed by atoms with Gasteiger partial charge in [-0.05, 0) is 55.2 Å². The molecule has 1 aromatic carbocycles. The lowest BCUT2D eigenvalue weighted by Crippen LogP contribution is -2.21. The molecule has 20 heavy (non-hydrogen) atoms. The van der Waals surface area contributed by atoms with E-state index < -0.39 is 0 Å². The van der Waals surface area contributed by atoms with Gasteiger partial charge in [-0.3, -0.25) is 0 Å². The number of aliphatic hydroxyl groups is 1. The van der Waals surface area contributed by atoms with Crippen molar-refractivity contribution in [2.75, 3.05) is 0 Å². The first-order valence-electron chi connectivity index (χ1n) is 8.21. The van der Waals surface area contributed by atoms with Gasteiger partial charge in [0.25, 0.3) is 0 Å². The maximum Gasteiger partial charge on any atom is 0.119 e. The molecule has 3 unspecified atom stereocenters. The van der Waals surface area contributed by atoms with E-state index in [4.69, 9.17) is 4.74 Å². The van der Waals surface area contributed by atoms with E-state index in [9.17, 15) is 5.11 Å². The molecular weight excluding hydrogens is 248 g/mol. The molecule has 2 nitrogen and oxygen atoms in total. The molecule has 0 heterocycles. The molecule has 1 aromatic rings. The van der Waals surface area contributed by atoms with Gasteiger partial charge in [0.1, 0.15) is 5.75 Å². The van der Waals surface area contributed by atoms with E-state index in [1.165, 1.54) is 38.5 Å². The number of aliphatic hydroxyl groups excluding tert-OH is 1. The quantitative estimate of drug-likeness (QED) is 0.858. The third-order valence-electron chi connectivity index (χ3n) is 4.90. The number of hydrogen-bond acceptors (Lipinski definition) is 2. The average Bonchev–Trinajstić information content (AvgIpc) is 3.31. The molecule has 1 N–H and O–H groups in total. The number of rotatable bonds is 5. The summed E-state index contributed by atoms with van der Waals surface area (Å²) in [5, 5.41) is 10.6. The van der Waals surface area contributed by atoms with Crippen molar-refractivity contribution in [3.05, 3.63) is 29.8 Å². The minimum Gasteiger partial charge on any atom is -0.490 e. The van der Waals surface area contributed by atoms with Gasteiger partial charge >= 0.3 is 0 Å². The van der Waals surface area contributed by atoms with Crippen molar-refractivity contribution in [1.29, 1.82) is 0 Å². The van der Waals surface area contributed by atoms with Crippen molar-refractivity contribution < 1.29 is 9.84 Å². The van der Waals surface area contributed by atoms with Crippen LogP contribution < -0.4 is 4.74 Å². The summed E-state index contributed by atoms with van der Waals surface area (Å²) in [5.74, 6) is 2.18. The molecule has 2 heteroatoms. The van der Waals surface area contributed by atoms with Crippen LogP contribution in [0.4, 0.5) is 0 Å². The van der Waals surface area contributed by atoms with Crippen LogP contribution in [0.15, 0.2) is 24.3 Å². The Bertz CT molecular complexity index is 422. The third kappa shape index (κ3) is 3.35. The van der Waals surface area contributed by atoms with Crippen LogP contribution in [0.3, 0.4) is 0 Å². The monoisotopic (exact) mass is 274 g/mol. The summed E-state index contributed by atoms with van der Waals surface area (Å²) < 4.78 is 5.76. The van der Waals surface area contributed by atoms with Gasteiger partial charge in [0, 0.05) is 0 Å². The lowest BCUT2D eigenvalue weighted by Gasteiger charge is -2.32. The van der Waals surface area contributed by atoms with E-state index >= 15 is 0 Å². The molecule has 0 aliphatic heterocycles. The predicted molar refractivity (Wildman–Crippen MR) is 80.8 cm³/mol. The Hall–Kier alpha value is -1.02. The van der Waals surface area contributed by atoms with E-state index in [-0.39, 0.29) is 6.10 Å². The van der Waals surface area contributed by atoms with Gasteiger partial charge in [-0.25, -0.2) is 0 Å². The van der Waals surface area contributed by atoms with Crippen LogP contribution in [0, 0.1) is 11.8 Å². The SMILES string of the molecule is CCC1CCCC(C(O)c2ccc(OC3CC3)cc2)C1. The molecule has 0 radical (unpaired) electrons. The lowest BCUT2D eigenvalue weighted by atomic mass is 9.76. The second kappa shape index (κ2) is 6.17. The Labute approximate surface area is 122 Å². The summed E-state index contributed by atoms with van der Waals surface area (Å²) in [7, 11) is 0. The van der Waals surface area contributed by atoms with Crippen molar-refractivity contribution in [2.24, 2.45) is 11.8 Å². The molecule has 2 saturated carbocycles. The number of benzene rings is 1. The first-order valence-corrected chi connectivity index (χ1v) is 8.21. The van der Waals surface area contributed by atoms with Crippen LogP contribution >= 0.6 is 0 Å². The van der Waals surface area contributed by atoms with E-state index in [1.54, 1.807) is 0 Å². The fourth-order valence-corrected chi connectivity index (χ4v) is 3.38. The largest absolute Gasteiger partial charge is 0.490 e. The molecule has 110 valence electrons. The van der Waals surface area contributed by atoms with Gasteiger partial charge in [-0.15, -0.1) is 0 Å². The lowest BCUT2D eigenvalue weighted by molar-refractivity contribution is 0.0677. The summed E-state index contributed by atoms with van der Waals surface area (Å²) >= 11 is 0. The molecule has 3 atom stereocenters. The first-order chi connectivity index (χ1) is 9.76. The van der Waals surface area contributed by atoms with Gasteiger partial charge in [0.2, 0.25) is 0 Å². The predicted octanol–water partition coefficient (Wildman–Crippen LogP) is 4.48. The number of ether oxygens (including phenoxy) is 1. The van der Waals surface area contributed by atoms with Crippen LogP contribution in [0.25, 0.3) is 0 Å². The Morgan fingerprint density at radius 3 is 2.55 bits per heavy atom. The summed E-state index contributed by atoms with van der Waals surface area (Å²) in [4.78, 5) is 0. The highest BCUT2D eigenvalue weighted by Crippen LogP contribution is 2.38. The molecule has 2 fully saturated rings. The molecule has 0 saturated heterocycles. The van der Waals surface area contributed by atoms with Crippen molar-refractivity contribution in [3.8, 4) is 5.75 Å². The summed E-state index contributed by atoms with van der Waals surface area (Å²) in [6.07, 6.45) is 8.70. The van der Waals surface area contributed by atoms with E-state index in [1.807, 2.05) is 24.3 Å². The van der Waals surface area contributed by atoms with Crippen molar-refractivity contribution in [1.82, 2.24) is 0 Å². The molecule has 0 spiro atoms. The Kier molecular flexibility index (Phi) is 4.30. The Balaban J connectivity index is 1.61. The molecule has 3 rings (SSSR count). The van der Waals surface area contributed by atoms with Gasteiger partial charge < -0.3 is 9.84 Å². The maximum atomic E-state index is 10.6. The molecule has 0 amide bonds. The topological polar surface area (TPSA) is 29.5 Å². The van der Waals surface area contributed by atoms with E-state index in [0.29, 0.717) is 12.0 Å². The molecule has 0 aromatic heterocycles. The summed E-state index contributed by atoms with van der Waals surface area (Å²) in [6.45, 7) is 2.27. The zero-order chi connectivity index (χ0) is 13.9. The highest BCUT2D eigenvalue weighted by Gasteiger charge is 2.28.